The molecule has 1 aromatic rings. The molecule has 0 aliphatic heterocycles. The summed E-state index contributed by atoms with van der Waals surface area (Å²) in [5, 5.41) is 6.37. The van der Waals surface area contributed by atoms with E-state index in [-0.39, 0.29) is 18.1 Å². The van der Waals surface area contributed by atoms with Crippen molar-refractivity contribution in [3.8, 4) is 0 Å². The van der Waals surface area contributed by atoms with Crippen LogP contribution in [0.5, 0.6) is 0 Å². The van der Waals surface area contributed by atoms with Crippen molar-refractivity contribution < 1.29 is 26.4 Å². The van der Waals surface area contributed by atoms with E-state index < -0.39 is 27.5 Å². The SMILES string of the molecule is CCCS(=O)(=O)CCn1cc(C(=O)C(F)(F)F)nn1. The van der Waals surface area contributed by atoms with E-state index >= 15 is 0 Å². The number of nitrogens with zero attached hydrogens (tertiary/aromatic N) is 3. The number of aromatic nitrogens is 3. The normalized spacial score (nSPS) is 12.6. The molecule has 0 aliphatic carbocycles. The summed E-state index contributed by atoms with van der Waals surface area (Å²) in [5.74, 6) is -2.37. The van der Waals surface area contributed by atoms with Gasteiger partial charge in [0.15, 0.2) is 15.5 Å². The summed E-state index contributed by atoms with van der Waals surface area (Å²) in [6, 6.07) is 0. The lowest BCUT2D eigenvalue weighted by Crippen LogP contribution is -2.23. The highest BCUT2D eigenvalue weighted by Gasteiger charge is 2.41. The van der Waals surface area contributed by atoms with Gasteiger partial charge in [0.25, 0.3) is 5.78 Å². The lowest BCUT2D eigenvalue weighted by atomic mass is 10.3. The van der Waals surface area contributed by atoms with Crippen molar-refractivity contribution in [1.82, 2.24) is 15.0 Å². The van der Waals surface area contributed by atoms with Crippen molar-refractivity contribution in [1.29, 1.82) is 0 Å². The van der Waals surface area contributed by atoms with Crippen LogP contribution in [0.25, 0.3) is 0 Å². The maximum absolute atomic E-state index is 12.1. The van der Waals surface area contributed by atoms with Crippen LogP contribution in [-0.4, -0.2) is 46.9 Å². The number of hydrogen-bond donors (Lipinski definition) is 0. The van der Waals surface area contributed by atoms with Crippen LogP contribution in [-0.2, 0) is 16.4 Å². The minimum atomic E-state index is -5.02. The molecule has 0 saturated heterocycles. The molecule has 0 amide bonds. The Bertz CT molecular complexity index is 551. The molecule has 0 unspecified atom stereocenters. The molecule has 1 heterocycles. The molecule has 0 saturated carbocycles. The van der Waals surface area contributed by atoms with Crippen molar-refractivity contribution in [3.63, 3.8) is 0 Å². The van der Waals surface area contributed by atoms with E-state index in [0.29, 0.717) is 6.42 Å². The van der Waals surface area contributed by atoms with Gasteiger partial charge in [-0.1, -0.05) is 12.1 Å². The van der Waals surface area contributed by atoms with Crippen LogP contribution < -0.4 is 0 Å². The predicted molar refractivity (Wildman–Crippen MR) is 59.4 cm³/mol. The van der Waals surface area contributed by atoms with Crippen molar-refractivity contribution in [2.24, 2.45) is 0 Å². The Morgan fingerprint density at radius 3 is 2.53 bits per heavy atom. The first-order valence-electron chi connectivity index (χ1n) is 5.38. The fourth-order valence-electron chi connectivity index (χ4n) is 1.30. The summed E-state index contributed by atoms with van der Waals surface area (Å²) < 4.78 is 60.0. The first kappa shape index (κ1) is 15.6. The number of Topliss-reactive ketones (excluding diaryl/α,β-unsaturated/α-hetero) is 1. The average molecular weight is 299 g/mol. The number of alkyl halides is 3. The van der Waals surface area contributed by atoms with E-state index in [1.165, 1.54) is 0 Å². The Kier molecular flexibility index (Phi) is 4.66. The van der Waals surface area contributed by atoms with Gasteiger partial charge in [-0.2, -0.15) is 13.2 Å². The van der Waals surface area contributed by atoms with Gasteiger partial charge in [-0.25, -0.2) is 8.42 Å². The predicted octanol–water partition coefficient (Wildman–Crippen LogP) is 0.848. The maximum Gasteiger partial charge on any atom is 0.456 e. The van der Waals surface area contributed by atoms with Crippen LogP contribution in [0, 0.1) is 0 Å². The number of rotatable bonds is 6. The van der Waals surface area contributed by atoms with Gasteiger partial charge < -0.3 is 0 Å². The molecule has 6 nitrogen and oxygen atoms in total. The molecule has 0 bridgehead atoms. The first-order chi connectivity index (χ1) is 8.65. The highest BCUT2D eigenvalue weighted by molar-refractivity contribution is 7.91. The molecule has 1 aromatic heterocycles. The number of carbonyl (C=O) groups excluding carboxylic acids is 1. The molecule has 10 heteroatoms. The molecule has 1 rings (SSSR count). The Hall–Kier alpha value is -1.45. The maximum atomic E-state index is 12.1. The minimum Gasteiger partial charge on any atom is -0.282 e. The average Bonchev–Trinajstić information content (AvgIpc) is 2.72. The zero-order valence-electron chi connectivity index (χ0n) is 10.0. The van der Waals surface area contributed by atoms with Gasteiger partial charge in [0, 0.05) is 5.75 Å². The van der Waals surface area contributed by atoms with Crippen molar-refractivity contribution in [2.45, 2.75) is 26.1 Å². The summed E-state index contributed by atoms with van der Waals surface area (Å²) in [5.41, 5.74) is -0.847. The van der Waals surface area contributed by atoms with Gasteiger partial charge in [-0.05, 0) is 6.42 Å². The van der Waals surface area contributed by atoms with Crippen LogP contribution in [0.2, 0.25) is 0 Å². The molecular formula is C9H12F3N3O3S. The van der Waals surface area contributed by atoms with Crippen molar-refractivity contribution >= 4 is 15.6 Å². The summed E-state index contributed by atoms with van der Waals surface area (Å²) in [7, 11) is -3.26. The Morgan fingerprint density at radius 1 is 1.37 bits per heavy atom. The molecule has 19 heavy (non-hydrogen) atoms. The Morgan fingerprint density at radius 2 is 2.00 bits per heavy atom. The largest absolute Gasteiger partial charge is 0.456 e. The second-order valence-electron chi connectivity index (χ2n) is 3.85. The standard InChI is InChI=1S/C9H12F3N3O3S/c1-2-4-19(17,18)5-3-15-6-7(13-14-15)8(16)9(10,11)12/h6H,2-5H2,1H3. The molecular weight excluding hydrogens is 287 g/mol. The molecule has 108 valence electrons. The third-order valence-corrected chi connectivity index (χ3v) is 4.01. The molecule has 0 N–H and O–H groups in total. The molecule has 0 aromatic carbocycles. The zero-order valence-corrected chi connectivity index (χ0v) is 10.8. The topological polar surface area (TPSA) is 81.9 Å². The Balaban J connectivity index is 2.69. The Labute approximate surface area is 107 Å². The van der Waals surface area contributed by atoms with Crippen LogP contribution in [0.15, 0.2) is 6.20 Å². The lowest BCUT2D eigenvalue weighted by Gasteiger charge is -2.02. The van der Waals surface area contributed by atoms with Crippen LogP contribution in [0.1, 0.15) is 23.8 Å². The number of aryl methyl sites for hydroxylation is 1. The van der Waals surface area contributed by atoms with Gasteiger partial charge in [-0.3, -0.25) is 9.48 Å². The monoisotopic (exact) mass is 299 g/mol. The number of sulfone groups is 1. The van der Waals surface area contributed by atoms with E-state index in [2.05, 4.69) is 10.3 Å². The van der Waals surface area contributed by atoms with Crippen molar-refractivity contribution in [3.05, 3.63) is 11.9 Å². The quantitative estimate of drug-likeness (QED) is 0.727. The van der Waals surface area contributed by atoms with E-state index in [4.69, 9.17) is 0 Å². The van der Waals surface area contributed by atoms with Gasteiger partial charge in [0.05, 0.1) is 18.5 Å². The van der Waals surface area contributed by atoms with Gasteiger partial charge in [0.2, 0.25) is 0 Å². The number of ketones is 1. The fourth-order valence-corrected chi connectivity index (χ4v) is 2.59. The van der Waals surface area contributed by atoms with Gasteiger partial charge in [0.1, 0.15) is 0 Å². The number of hydrogen-bond acceptors (Lipinski definition) is 5. The highest BCUT2D eigenvalue weighted by atomic mass is 32.2. The molecule has 0 fully saturated rings. The minimum absolute atomic E-state index is 0.00393. The fraction of sp³-hybridized carbons (Fsp3) is 0.667. The highest BCUT2D eigenvalue weighted by Crippen LogP contribution is 2.19. The molecule has 0 atom stereocenters. The van der Waals surface area contributed by atoms with Gasteiger partial charge in [-0.15, -0.1) is 5.10 Å². The molecule has 0 aliphatic rings. The van der Waals surface area contributed by atoms with E-state index in [1.54, 1.807) is 6.92 Å². The number of halogens is 3. The van der Waals surface area contributed by atoms with E-state index in [9.17, 15) is 26.4 Å². The summed E-state index contributed by atoms with van der Waals surface area (Å²) in [4.78, 5) is 10.8. The van der Waals surface area contributed by atoms with Crippen LogP contribution >= 0.6 is 0 Å². The molecule has 0 spiro atoms. The van der Waals surface area contributed by atoms with Crippen LogP contribution in [0.4, 0.5) is 13.2 Å². The van der Waals surface area contributed by atoms with E-state index in [1.807, 2.05) is 0 Å². The number of carbonyl (C=O) groups is 1. The second kappa shape index (κ2) is 5.68. The summed E-state index contributed by atoms with van der Waals surface area (Å²) >= 11 is 0. The second-order valence-corrected chi connectivity index (χ2v) is 6.15. The van der Waals surface area contributed by atoms with E-state index in [0.717, 1.165) is 10.9 Å². The zero-order chi connectivity index (χ0) is 14.7. The third kappa shape index (κ3) is 4.62. The lowest BCUT2D eigenvalue weighted by molar-refractivity contribution is -0.0888. The van der Waals surface area contributed by atoms with Gasteiger partial charge >= 0.3 is 6.18 Å². The van der Waals surface area contributed by atoms with Crippen molar-refractivity contribution in [2.75, 3.05) is 11.5 Å². The first-order valence-corrected chi connectivity index (χ1v) is 7.20. The molecule has 0 radical (unpaired) electrons. The van der Waals surface area contributed by atoms with Crippen LogP contribution in [0.3, 0.4) is 0 Å². The smallest absolute Gasteiger partial charge is 0.282 e. The summed E-state index contributed by atoms with van der Waals surface area (Å²) in [6.07, 6.45) is -3.77. The third-order valence-electron chi connectivity index (χ3n) is 2.18. The summed E-state index contributed by atoms with van der Waals surface area (Å²) in [6.45, 7) is 1.56.